The SMILES string of the molecule is CC#CC(=O)N1C[C@H](C)[C@H](C(=O)N(C)[C@H](C(=O)N[C@H]2Cc3nc(cs3)-c3ccc4c(c3)c3c(n4CC)-c4cccnc4[C@@H](OC)C3C(C)(C)COC(=O)[C@@H]3CCCN(N3)C2=O)C2CCCC2)C1. The maximum atomic E-state index is 14.9. The van der Waals surface area contributed by atoms with Gasteiger partial charge < -0.3 is 29.2 Å². The largest absolute Gasteiger partial charge is 0.464 e. The molecule has 15 nitrogen and oxygen atoms in total. The summed E-state index contributed by atoms with van der Waals surface area (Å²) >= 11 is 1.42. The number of aryl methyl sites for hydroxylation is 1. The Bertz CT molecular complexity index is 2660. The van der Waals surface area contributed by atoms with E-state index in [0.717, 1.165) is 70.4 Å². The van der Waals surface area contributed by atoms with Crippen molar-refractivity contribution in [3.8, 4) is 34.4 Å². The number of cyclic esters (lactones) is 1. The maximum Gasteiger partial charge on any atom is 0.324 e. The van der Waals surface area contributed by atoms with Crippen molar-refractivity contribution in [1.29, 1.82) is 0 Å². The van der Waals surface area contributed by atoms with E-state index >= 15 is 0 Å². The molecule has 16 heteroatoms. The number of hydrazine groups is 1. The van der Waals surface area contributed by atoms with Crippen LogP contribution in [-0.4, -0.2) is 117 Å². The number of amides is 4. The number of nitrogens with one attached hydrogen (secondary N) is 2. The van der Waals surface area contributed by atoms with Crippen LogP contribution in [0.5, 0.6) is 0 Å². The lowest BCUT2D eigenvalue weighted by atomic mass is 9.67. The minimum absolute atomic E-state index is 0.0757. The van der Waals surface area contributed by atoms with Gasteiger partial charge in [-0.25, -0.2) is 10.4 Å². The Morgan fingerprint density at radius 1 is 1.12 bits per heavy atom. The fraction of sp³-hybridized carbons (Fsp3) is 0.549. The summed E-state index contributed by atoms with van der Waals surface area (Å²) in [5.41, 5.74) is 9.28. The summed E-state index contributed by atoms with van der Waals surface area (Å²) in [5.74, 6) is 2.44. The highest BCUT2D eigenvalue weighted by Gasteiger charge is 2.48. The molecule has 5 aliphatic rings. The van der Waals surface area contributed by atoms with Crippen molar-refractivity contribution in [3.05, 3.63) is 58.2 Å². The number of carbonyl (C=O) groups excluding carboxylic acids is 5. The van der Waals surface area contributed by atoms with E-state index in [2.05, 4.69) is 72.2 Å². The Kier molecular flexibility index (Phi) is 13.0. The van der Waals surface area contributed by atoms with Crippen LogP contribution in [0.1, 0.15) is 101 Å². The molecule has 2 aliphatic carbocycles. The highest BCUT2D eigenvalue weighted by Crippen LogP contribution is 2.57. The Morgan fingerprint density at radius 3 is 2.66 bits per heavy atom. The molecule has 2 saturated heterocycles. The van der Waals surface area contributed by atoms with Gasteiger partial charge in [0.1, 0.15) is 24.2 Å². The van der Waals surface area contributed by atoms with Gasteiger partial charge in [0.05, 0.1) is 34.6 Å². The first-order valence-corrected chi connectivity index (χ1v) is 24.7. The van der Waals surface area contributed by atoms with Crippen LogP contribution in [-0.2, 0) is 46.4 Å². The predicted octanol–water partition coefficient (Wildman–Crippen LogP) is 5.87. The maximum absolute atomic E-state index is 14.9. The lowest BCUT2D eigenvalue weighted by molar-refractivity contribution is -0.156. The van der Waals surface area contributed by atoms with Gasteiger partial charge in [0.2, 0.25) is 11.8 Å². The molecule has 1 unspecified atom stereocenters. The van der Waals surface area contributed by atoms with Crippen molar-refractivity contribution in [2.45, 2.75) is 116 Å². The molecule has 2 N–H and O–H groups in total. The van der Waals surface area contributed by atoms with Crippen LogP contribution in [0, 0.1) is 35.0 Å². The second kappa shape index (κ2) is 18.8. The van der Waals surface area contributed by atoms with E-state index in [1.165, 1.54) is 16.3 Å². The zero-order valence-electron chi connectivity index (χ0n) is 39.6. The summed E-state index contributed by atoms with van der Waals surface area (Å²) in [4.78, 5) is 84.1. The number of methoxy groups -OCH3 is 1. The topological polar surface area (TPSA) is 168 Å². The second-order valence-corrected chi connectivity index (χ2v) is 20.7. The number of esters is 1. The number of aromatic nitrogens is 3. The van der Waals surface area contributed by atoms with Gasteiger partial charge in [0.25, 0.3) is 11.8 Å². The summed E-state index contributed by atoms with van der Waals surface area (Å²) in [6.45, 7) is 11.6. The van der Waals surface area contributed by atoms with E-state index in [1.54, 1.807) is 37.1 Å². The van der Waals surface area contributed by atoms with Crippen LogP contribution in [0.4, 0.5) is 0 Å². The molecule has 1 aromatic carbocycles. The average molecular weight is 931 g/mol. The number of hydrogen-bond donors (Lipinski definition) is 2. The van der Waals surface area contributed by atoms with Gasteiger partial charge in [-0.15, -0.1) is 11.3 Å². The van der Waals surface area contributed by atoms with E-state index in [4.69, 9.17) is 19.4 Å². The van der Waals surface area contributed by atoms with E-state index in [0.29, 0.717) is 37.5 Å². The van der Waals surface area contributed by atoms with Gasteiger partial charge in [0, 0.05) is 91.7 Å². The molecule has 4 amide bonds. The lowest BCUT2D eigenvalue weighted by Crippen LogP contribution is -2.62. The second-order valence-electron chi connectivity index (χ2n) is 19.7. The minimum atomic E-state index is -1.07. The van der Waals surface area contributed by atoms with Crippen molar-refractivity contribution >= 4 is 51.8 Å². The van der Waals surface area contributed by atoms with Gasteiger partial charge in [-0.1, -0.05) is 45.6 Å². The number of rotatable bonds is 7. The zero-order valence-corrected chi connectivity index (χ0v) is 40.4. The number of likely N-dealkylation sites (tertiary alicyclic amines) is 1. The third-order valence-corrected chi connectivity index (χ3v) is 15.9. The molecule has 6 bridgehead atoms. The molecule has 67 heavy (non-hydrogen) atoms. The minimum Gasteiger partial charge on any atom is -0.464 e. The lowest BCUT2D eigenvalue weighted by Gasteiger charge is -2.42. The van der Waals surface area contributed by atoms with Crippen LogP contribution in [0.3, 0.4) is 0 Å². The van der Waals surface area contributed by atoms with E-state index in [9.17, 15) is 24.0 Å². The summed E-state index contributed by atoms with van der Waals surface area (Å²) < 4.78 is 14.9. The third-order valence-electron chi connectivity index (χ3n) is 15.0. The normalized spacial score (nSPS) is 25.4. The number of carbonyl (C=O) groups is 5. The Morgan fingerprint density at radius 2 is 1.91 bits per heavy atom. The molecular weight excluding hydrogens is 869 g/mol. The van der Waals surface area contributed by atoms with Gasteiger partial charge in [-0.05, 0) is 87.1 Å². The monoisotopic (exact) mass is 930 g/mol. The molecule has 354 valence electrons. The highest BCUT2D eigenvalue weighted by atomic mass is 32.1. The van der Waals surface area contributed by atoms with Crippen LogP contribution in [0.25, 0.3) is 33.4 Å². The van der Waals surface area contributed by atoms with Gasteiger partial charge in [-0.2, -0.15) is 0 Å². The molecule has 9 rings (SSSR count). The van der Waals surface area contributed by atoms with Crippen LogP contribution in [0.2, 0.25) is 0 Å². The first-order chi connectivity index (χ1) is 32.2. The summed E-state index contributed by atoms with van der Waals surface area (Å²) in [6, 6.07) is 7.75. The standard InChI is InChI=1S/C51H62N8O7S/c1-8-14-40(60)57-25-29(3)34(26-57)48(62)56(6)44(30-15-10-11-16-30)47(61)54-36-24-39-53-37(27-67-39)31-19-20-38-33(23-31)41-42(46(65-7)43-32(17-12-21-52-43)45(41)58(38)9-2)51(4,5)28-66-50(64)35-18-13-22-59(55-35)49(36)63/h12,17,19-21,23,27,29-30,34-36,42,44,46,55H,9-11,13,15-16,18,22,24-26,28H2,1-7H3,(H,54,61)/t29-,34+,35-,36-,42?,44-,46-/m0/s1. The number of nitrogens with zero attached hydrogens (tertiary/aromatic N) is 6. The summed E-state index contributed by atoms with van der Waals surface area (Å²) in [6.07, 6.45) is 5.84. The molecule has 7 atom stereocenters. The van der Waals surface area contributed by atoms with Crippen molar-refractivity contribution in [3.63, 3.8) is 0 Å². The Balaban J connectivity index is 1.09. The van der Waals surface area contributed by atoms with E-state index < -0.39 is 53.3 Å². The molecular formula is C51H62N8O7S. The smallest absolute Gasteiger partial charge is 0.324 e. The fourth-order valence-corrected chi connectivity index (χ4v) is 12.5. The fourth-order valence-electron chi connectivity index (χ4n) is 11.6. The summed E-state index contributed by atoms with van der Waals surface area (Å²) in [7, 11) is 3.38. The van der Waals surface area contributed by atoms with Crippen LogP contribution in [0.15, 0.2) is 41.9 Å². The molecule has 1 saturated carbocycles. The number of ether oxygens (including phenoxy) is 2. The van der Waals surface area contributed by atoms with Gasteiger partial charge >= 0.3 is 5.97 Å². The van der Waals surface area contributed by atoms with Gasteiger partial charge in [0.15, 0.2) is 0 Å². The first-order valence-electron chi connectivity index (χ1n) is 23.9. The molecule has 3 aliphatic heterocycles. The number of pyridine rings is 1. The predicted molar refractivity (Wildman–Crippen MR) is 254 cm³/mol. The highest BCUT2D eigenvalue weighted by molar-refractivity contribution is 7.10. The number of fused-ring (bicyclic) bond motifs is 8. The molecule has 0 spiro atoms. The quantitative estimate of drug-likeness (QED) is 0.169. The summed E-state index contributed by atoms with van der Waals surface area (Å²) in [5, 5.41) is 8.26. The third kappa shape index (κ3) is 8.52. The van der Waals surface area contributed by atoms with E-state index in [-0.39, 0.29) is 49.1 Å². The molecule has 3 aromatic heterocycles. The first kappa shape index (κ1) is 46.5. The molecule has 4 aromatic rings. The molecule has 3 fully saturated rings. The van der Waals surface area contributed by atoms with Crippen molar-refractivity contribution < 1.29 is 33.4 Å². The van der Waals surface area contributed by atoms with E-state index in [1.807, 2.05) is 18.4 Å². The van der Waals surface area contributed by atoms with Crippen molar-refractivity contribution in [2.24, 2.45) is 23.2 Å². The number of hydrogen-bond acceptors (Lipinski definition) is 11. The number of thiazole rings is 1. The Labute approximate surface area is 396 Å². The average Bonchev–Trinajstić information content (AvgIpc) is 4.16. The van der Waals surface area contributed by atoms with Crippen molar-refractivity contribution in [1.82, 2.24) is 40.1 Å². The van der Waals surface area contributed by atoms with Crippen molar-refractivity contribution in [2.75, 3.05) is 40.4 Å². The van der Waals surface area contributed by atoms with Gasteiger partial charge in [-0.3, -0.25) is 34.0 Å². The number of likely N-dealkylation sites (N-methyl/N-ethyl adjacent to an activating group) is 1. The molecule has 6 heterocycles. The van der Waals surface area contributed by atoms with Crippen LogP contribution >= 0.6 is 11.3 Å². The number of benzene rings is 1. The van der Waals surface area contributed by atoms with Crippen LogP contribution < -0.4 is 10.7 Å². The Hall–Kier alpha value is -5.63. The molecule has 0 radical (unpaired) electrons. The zero-order chi connectivity index (χ0) is 47.3.